The molecule has 11 atom stereocenters. The first kappa shape index (κ1) is 60.0. The monoisotopic (exact) mass is 1080 g/mol. The number of ether oxygens (including phenoxy) is 4. The lowest BCUT2D eigenvalue weighted by atomic mass is 9.46. The highest BCUT2D eigenvalue weighted by molar-refractivity contribution is 7.46. The first-order valence-corrected chi connectivity index (χ1v) is 29.9. The van der Waals surface area contributed by atoms with E-state index in [1.807, 2.05) is 26.2 Å². The lowest BCUT2D eigenvalue weighted by Gasteiger charge is -2.58. The molecule has 0 spiro atoms. The fourth-order valence-electron chi connectivity index (χ4n) is 14.3. The van der Waals surface area contributed by atoms with E-state index in [1.165, 1.54) is 18.1 Å². The van der Waals surface area contributed by atoms with Crippen LogP contribution in [0.2, 0.25) is 0 Å². The van der Waals surface area contributed by atoms with Crippen LogP contribution in [0, 0.1) is 46.3 Å². The summed E-state index contributed by atoms with van der Waals surface area (Å²) in [6.45, 7) is 8.50. The van der Waals surface area contributed by atoms with E-state index in [0.717, 1.165) is 109 Å². The van der Waals surface area contributed by atoms with Gasteiger partial charge in [0.2, 0.25) is 0 Å². The third-order valence-corrected chi connectivity index (χ3v) is 18.2. The van der Waals surface area contributed by atoms with Crippen molar-refractivity contribution in [2.75, 3.05) is 60.7 Å². The van der Waals surface area contributed by atoms with Crippen molar-refractivity contribution in [3.63, 3.8) is 0 Å². The van der Waals surface area contributed by atoms with Crippen LogP contribution in [0.3, 0.4) is 0 Å². The van der Waals surface area contributed by atoms with Crippen LogP contribution in [-0.2, 0) is 50.9 Å². The van der Waals surface area contributed by atoms with Gasteiger partial charge >= 0.3 is 13.8 Å². The predicted molar refractivity (Wildman–Crippen MR) is 291 cm³/mol. The van der Waals surface area contributed by atoms with Gasteiger partial charge in [0.1, 0.15) is 24.8 Å². The first-order chi connectivity index (χ1) is 36.2. The molecule has 4 fully saturated rings. The molecule has 4 saturated carbocycles. The zero-order valence-corrected chi connectivity index (χ0v) is 47.1. The number of nitrogens with one attached hydrogen (secondary N) is 1. The fourth-order valence-corrected chi connectivity index (χ4v) is 14.7. The smallest absolute Gasteiger partial charge is 0.457 e. The molecule has 422 valence electrons. The minimum atomic E-state index is -4.94. The lowest BCUT2D eigenvalue weighted by Crippen LogP contribution is -2.56. The number of hydrogen-bond donors (Lipinski definition) is 5. The van der Waals surface area contributed by atoms with Gasteiger partial charge in [0.15, 0.2) is 17.9 Å². The Balaban J connectivity index is 0.923. The number of rotatable bonds is 29. The summed E-state index contributed by atoms with van der Waals surface area (Å²) in [5, 5.41) is 26.7. The summed E-state index contributed by atoms with van der Waals surface area (Å²) in [6, 6.07) is 15.3. The number of unbranched alkanes of at least 4 members (excludes halogenated alkanes) is 4. The van der Waals surface area contributed by atoms with Crippen molar-refractivity contribution >= 4 is 25.4 Å². The number of nitrogens with zero attached hydrogens (tertiary/aromatic N) is 1. The quantitative estimate of drug-likeness (QED) is 0.0169. The second-order valence-electron chi connectivity index (χ2n) is 24.1. The van der Waals surface area contributed by atoms with Crippen LogP contribution in [0.4, 0.5) is 0 Å². The van der Waals surface area contributed by atoms with Gasteiger partial charge in [0, 0.05) is 49.7 Å². The van der Waals surface area contributed by atoms with Gasteiger partial charge in [-0.1, -0.05) is 94.0 Å². The summed E-state index contributed by atoms with van der Waals surface area (Å²) in [7, 11) is 0.485. The molecule has 0 amide bonds. The molecule has 15 nitrogen and oxygen atoms in total. The van der Waals surface area contributed by atoms with E-state index in [-0.39, 0.29) is 65.1 Å². The number of quaternary nitrogens is 1. The summed E-state index contributed by atoms with van der Waals surface area (Å²) < 4.78 is 42.1. The Morgan fingerprint density at radius 3 is 2.39 bits per heavy atom. The van der Waals surface area contributed by atoms with Crippen LogP contribution in [0.25, 0.3) is 0 Å². The highest BCUT2D eigenvalue weighted by atomic mass is 31.2. The van der Waals surface area contributed by atoms with Crippen LogP contribution in [0.15, 0.2) is 72.3 Å². The Labute approximate surface area is 452 Å². The third kappa shape index (κ3) is 15.6. The standard InChI is InChI=1S/C60H89N2O13P/c1-41(38-62(4,5)39-45-33-44(24-27-53(45)75-76(68,69)70)51(65)37-61-30-16-7-8-17-31-72-32-18-15-21-42-19-11-9-12-20-42)57(67)73-40-52(66)56-54(74-58(71-6)43-22-13-10-14-23-43)35-49-48-26-25-46-34-47(63)28-29-59(46,2)55(48)50(64)36-60(49,56)3/h9,11-12,19-20,24,27-29,33-34,41,43,48-51,54-56,58,61,64-65H,7-8,10,13-18,21-23,25-26,30-32,35-40H2,1-6H3,(H-,68,69,70)/p+1/t41-,48+,49+,50+,51?,54-,55-,56+,58+,59+,60+/m1/s1. The largest absolute Gasteiger partial charge is 0.524 e. The lowest BCUT2D eigenvalue weighted by molar-refractivity contribution is -0.905. The Kier molecular flexibility index (Phi) is 21.4. The molecule has 1 unspecified atom stereocenters. The van der Waals surface area contributed by atoms with Crippen LogP contribution < -0.4 is 9.84 Å². The normalized spacial score (nSPS) is 27.9. The van der Waals surface area contributed by atoms with Crippen molar-refractivity contribution in [3.8, 4) is 5.75 Å². The van der Waals surface area contributed by atoms with Crippen LogP contribution in [0.5, 0.6) is 5.75 Å². The maximum atomic E-state index is 14.8. The molecule has 5 aliphatic rings. The van der Waals surface area contributed by atoms with E-state index in [9.17, 15) is 38.9 Å². The van der Waals surface area contributed by atoms with Gasteiger partial charge in [-0.2, -0.15) is 0 Å². The van der Waals surface area contributed by atoms with E-state index >= 15 is 0 Å². The number of phosphoric acid groups is 1. The Morgan fingerprint density at radius 1 is 0.947 bits per heavy atom. The SMILES string of the molecule is CO[C@@H](O[C@@H]1C[C@H]2[C@@H]3CCC4=CC(=O)C=C[C@]4(C)[C@H]3[C@@H](O)C[C@]2(C)[C@H]1C(=O)COC(=O)[C@H](C)C[N+](C)(C)Cc1cc(C(O)CNCCCCCCOCCCCc2ccccc2)ccc1OP(=O)(O)O)C1CCCCC1. The molecule has 0 bridgehead atoms. The molecule has 16 heteroatoms. The Hall–Kier alpha value is -3.60. The molecular formula is C60H90N2O13P+. The first-order valence-electron chi connectivity index (χ1n) is 28.4. The molecule has 7 rings (SSSR count). The summed E-state index contributed by atoms with van der Waals surface area (Å²) in [4.78, 5) is 60.8. The van der Waals surface area contributed by atoms with E-state index in [4.69, 9.17) is 23.5 Å². The van der Waals surface area contributed by atoms with Gasteiger partial charge in [-0.15, -0.1) is 0 Å². The topological polar surface area (TPSA) is 207 Å². The van der Waals surface area contributed by atoms with Gasteiger partial charge in [0.05, 0.1) is 44.9 Å². The highest BCUT2D eigenvalue weighted by Gasteiger charge is 2.66. The number of Topliss-reactive ketones (excluding diaryl/α,β-unsaturated/α-hetero) is 1. The van der Waals surface area contributed by atoms with Gasteiger partial charge < -0.3 is 43.5 Å². The summed E-state index contributed by atoms with van der Waals surface area (Å²) in [5.74, 6) is -2.02. The van der Waals surface area contributed by atoms with Crippen molar-refractivity contribution in [2.24, 2.45) is 46.3 Å². The van der Waals surface area contributed by atoms with Crippen LogP contribution in [-0.4, -0.2) is 121 Å². The Morgan fingerprint density at radius 2 is 1.67 bits per heavy atom. The molecule has 0 radical (unpaired) electrons. The number of benzene rings is 2. The van der Waals surface area contributed by atoms with E-state index in [1.54, 1.807) is 38.3 Å². The van der Waals surface area contributed by atoms with Crippen LogP contribution >= 0.6 is 7.82 Å². The number of esters is 1. The number of allylic oxidation sites excluding steroid dienone is 4. The van der Waals surface area contributed by atoms with Crippen molar-refractivity contribution in [3.05, 3.63) is 89.0 Å². The highest BCUT2D eigenvalue weighted by Crippen LogP contribution is 2.66. The van der Waals surface area contributed by atoms with Gasteiger partial charge in [0.25, 0.3) is 0 Å². The second kappa shape index (κ2) is 27.0. The molecule has 0 heterocycles. The molecule has 2 aromatic rings. The van der Waals surface area contributed by atoms with Crippen molar-refractivity contribution in [2.45, 2.75) is 155 Å². The number of phosphoric ester groups is 1. The number of hydrogen-bond acceptors (Lipinski definition) is 12. The van der Waals surface area contributed by atoms with Crippen molar-refractivity contribution < 1.29 is 66.9 Å². The molecule has 2 aromatic carbocycles. The number of aryl methyl sites for hydroxylation is 1. The third-order valence-electron chi connectivity index (χ3n) is 17.8. The molecular weight excluding hydrogens is 988 g/mol. The zero-order valence-electron chi connectivity index (χ0n) is 46.2. The minimum Gasteiger partial charge on any atom is -0.457 e. The predicted octanol–water partition coefficient (Wildman–Crippen LogP) is 9.15. The molecule has 0 saturated heterocycles. The summed E-state index contributed by atoms with van der Waals surface area (Å²) in [5.41, 5.74) is 2.29. The molecule has 5 N–H and O–H groups in total. The van der Waals surface area contributed by atoms with Gasteiger partial charge in [-0.3, -0.25) is 24.2 Å². The van der Waals surface area contributed by atoms with Crippen molar-refractivity contribution in [1.29, 1.82) is 0 Å². The number of aliphatic hydroxyl groups is 2. The molecule has 5 aliphatic carbocycles. The number of fused-ring (bicyclic) bond motifs is 5. The number of aliphatic hydroxyl groups excluding tert-OH is 2. The second-order valence-corrected chi connectivity index (χ2v) is 25.2. The van der Waals surface area contributed by atoms with Gasteiger partial charge in [-0.25, -0.2) is 4.57 Å². The van der Waals surface area contributed by atoms with Gasteiger partial charge in [-0.05, 0) is 137 Å². The summed E-state index contributed by atoms with van der Waals surface area (Å²) in [6.07, 6.45) is 17.8. The number of methoxy groups -OCH3 is 1. The van der Waals surface area contributed by atoms with E-state index < -0.39 is 67.7 Å². The maximum absolute atomic E-state index is 14.8. The molecule has 76 heavy (non-hydrogen) atoms. The fraction of sp³-hybridized carbons (Fsp3) is 0.683. The van der Waals surface area contributed by atoms with E-state index in [2.05, 4.69) is 43.4 Å². The summed E-state index contributed by atoms with van der Waals surface area (Å²) >= 11 is 0. The van der Waals surface area contributed by atoms with Crippen LogP contribution in [0.1, 0.15) is 140 Å². The number of carbonyl (C=O) groups excluding carboxylic acids is 3. The average molecular weight is 1080 g/mol. The van der Waals surface area contributed by atoms with Crippen molar-refractivity contribution in [1.82, 2.24) is 5.32 Å². The molecule has 0 aromatic heterocycles. The molecule has 0 aliphatic heterocycles. The minimum absolute atomic E-state index is 0.0246. The average Bonchev–Trinajstić information content (AvgIpc) is 3.79. The van der Waals surface area contributed by atoms with E-state index in [0.29, 0.717) is 24.0 Å². The Bertz CT molecular complexity index is 2350. The number of ketones is 2. The maximum Gasteiger partial charge on any atom is 0.524 e. The zero-order chi connectivity index (χ0) is 54.7. The number of carbonyl (C=O) groups is 3.